The molecule has 2 aliphatic rings. The Bertz CT molecular complexity index is 765. The van der Waals surface area contributed by atoms with Crippen molar-refractivity contribution < 1.29 is 9.63 Å². The quantitative estimate of drug-likeness (QED) is 0.899. The second kappa shape index (κ2) is 7.58. The summed E-state index contributed by atoms with van der Waals surface area (Å²) in [5.74, 6) is 0.0162. The Morgan fingerprint density at radius 3 is 2.69 bits per heavy atom. The van der Waals surface area contributed by atoms with Crippen LogP contribution >= 0.6 is 0 Å². The highest BCUT2D eigenvalue weighted by atomic mass is 16.7. The number of nitrogens with one attached hydrogen (secondary N) is 1. The third kappa shape index (κ3) is 3.03. The fourth-order valence-corrected chi connectivity index (χ4v) is 3.92. The average Bonchev–Trinajstić information content (AvgIpc) is 2.98. The first-order valence-electron chi connectivity index (χ1n) is 9.38. The Morgan fingerprint density at radius 2 is 1.88 bits per heavy atom. The molecule has 2 atom stereocenters. The Balaban J connectivity index is 1.70. The molecule has 136 valence electrons. The Morgan fingerprint density at radius 1 is 1.12 bits per heavy atom. The minimum absolute atomic E-state index is 0.0162. The van der Waals surface area contributed by atoms with Gasteiger partial charge in [-0.25, -0.2) is 0 Å². The van der Waals surface area contributed by atoms with E-state index in [1.54, 1.807) is 0 Å². The number of piperazine rings is 1. The number of carbonyl (C=O) groups excluding carboxylic acids is 1. The molecular weight excluding hydrogens is 326 g/mol. The van der Waals surface area contributed by atoms with Crippen molar-refractivity contribution in [2.24, 2.45) is 0 Å². The number of amides is 1. The summed E-state index contributed by atoms with van der Waals surface area (Å²) in [7, 11) is 0. The third-order valence-corrected chi connectivity index (χ3v) is 5.11. The number of hydrogen-bond donors (Lipinski definition) is 1. The largest absolute Gasteiger partial charge is 0.314 e. The molecule has 2 aromatic rings. The summed E-state index contributed by atoms with van der Waals surface area (Å²) in [6, 6.07) is 18.3. The Labute approximate surface area is 154 Å². The lowest BCUT2D eigenvalue weighted by Gasteiger charge is -2.39. The predicted molar refractivity (Wildman–Crippen MR) is 102 cm³/mol. The topological polar surface area (TPSA) is 44.8 Å². The van der Waals surface area contributed by atoms with Crippen LogP contribution in [0.5, 0.6) is 0 Å². The lowest BCUT2D eigenvalue weighted by Crippen LogP contribution is -2.49. The van der Waals surface area contributed by atoms with E-state index in [1.807, 2.05) is 31.2 Å². The van der Waals surface area contributed by atoms with Crippen LogP contribution in [0.1, 0.15) is 36.6 Å². The van der Waals surface area contributed by atoms with E-state index < -0.39 is 0 Å². The van der Waals surface area contributed by atoms with Crippen LogP contribution in [0.3, 0.4) is 0 Å². The molecule has 1 N–H and O–H groups in total. The predicted octanol–water partition coefficient (Wildman–Crippen LogP) is 3.06. The summed E-state index contributed by atoms with van der Waals surface area (Å²) in [6.07, 6.45) is 0.872. The second-order valence-corrected chi connectivity index (χ2v) is 6.80. The van der Waals surface area contributed by atoms with Crippen molar-refractivity contribution in [2.75, 3.05) is 31.3 Å². The molecule has 0 aromatic heterocycles. The zero-order valence-electron chi connectivity index (χ0n) is 15.1. The molecule has 1 amide bonds. The summed E-state index contributed by atoms with van der Waals surface area (Å²) < 4.78 is 0. The molecule has 2 heterocycles. The van der Waals surface area contributed by atoms with Crippen molar-refractivity contribution >= 4 is 11.6 Å². The van der Waals surface area contributed by atoms with Crippen LogP contribution in [0.25, 0.3) is 0 Å². The molecule has 2 aromatic carbocycles. The highest BCUT2D eigenvalue weighted by Gasteiger charge is 2.44. The molecular formula is C21H25N3O2. The van der Waals surface area contributed by atoms with Crippen LogP contribution < -0.4 is 10.4 Å². The molecule has 0 bridgehead atoms. The maximum atomic E-state index is 13.3. The average molecular weight is 351 g/mol. The van der Waals surface area contributed by atoms with Crippen molar-refractivity contribution in [1.82, 2.24) is 10.2 Å². The van der Waals surface area contributed by atoms with Crippen LogP contribution in [0.15, 0.2) is 54.6 Å². The summed E-state index contributed by atoms with van der Waals surface area (Å²) in [4.78, 5) is 21.4. The van der Waals surface area contributed by atoms with Crippen molar-refractivity contribution in [2.45, 2.75) is 25.4 Å². The number of nitrogens with zero attached hydrogens (tertiary/aromatic N) is 2. The van der Waals surface area contributed by atoms with Gasteiger partial charge in [-0.2, -0.15) is 5.06 Å². The van der Waals surface area contributed by atoms with Gasteiger partial charge in [-0.1, -0.05) is 55.5 Å². The molecule has 0 aliphatic carbocycles. The zero-order chi connectivity index (χ0) is 17.9. The lowest BCUT2D eigenvalue weighted by atomic mass is 9.98. The van der Waals surface area contributed by atoms with E-state index in [1.165, 1.54) is 10.6 Å². The minimum atomic E-state index is -0.296. The van der Waals surface area contributed by atoms with Gasteiger partial charge in [0, 0.05) is 31.2 Å². The summed E-state index contributed by atoms with van der Waals surface area (Å²) in [5, 5.41) is 4.98. The molecule has 0 spiro atoms. The molecule has 2 aliphatic heterocycles. The molecule has 2 unspecified atom stereocenters. The molecule has 1 saturated heterocycles. The van der Waals surface area contributed by atoms with Crippen LogP contribution in [-0.4, -0.2) is 37.0 Å². The molecule has 1 fully saturated rings. The van der Waals surface area contributed by atoms with Crippen LogP contribution in [0.2, 0.25) is 0 Å². The Kier molecular flexibility index (Phi) is 5.02. The number of fused-ring (bicyclic) bond motifs is 1. The monoisotopic (exact) mass is 351 g/mol. The lowest BCUT2D eigenvalue weighted by molar-refractivity contribution is -0.131. The van der Waals surface area contributed by atoms with Crippen molar-refractivity contribution in [3.8, 4) is 0 Å². The van der Waals surface area contributed by atoms with Gasteiger partial charge >= 0.3 is 0 Å². The maximum absolute atomic E-state index is 13.3. The standard InChI is InChI=1S/C21H25N3O2/c1-2-14-26-24-18-11-7-6-10-17(18)20(21(24)25)23-13-12-22-15-19(23)16-8-4-3-5-9-16/h3-11,19-20,22H,2,12-15H2,1H3. The molecule has 5 nitrogen and oxygen atoms in total. The fourth-order valence-electron chi connectivity index (χ4n) is 3.92. The number of rotatable bonds is 5. The third-order valence-electron chi connectivity index (χ3n) is 5.11. The first-order valence-corrected chi connectivity index (χ1v) is 9.38. The van der Waals surface area contributed by atoms with Gasteiger partial charge in [0.15, 0.2) is 0 Å². The van der Waals surface area contributed by atoms with Gasteiger partial charge in [-0.15, -0.1) is 0 Å². The number of anilines is 1. The van der Waals surface area contributed by atoms with Crippen LogP contribution in [-0.2, 0) is 9.63 Å². The molecule has 26 heavy (non-hydrogen) atoms. The normalized spacial score (nSPS) is 23.3. The van der Waals surface area contributed by atoms with E-state index in [2.05, 4.69) is 40.5 Å². The molecule has 0 saturated carbocycles. The highest BCUT2D eigenvalue weighted by molar-refractivity contribution is 6.03. The smallest absolute Gasteiger partial charge is 0.272 e. The first-order chi connectivity index (χ1) is 12.8. The zero-order valence-corrected chi connectivity index (χ0v) is 15.1. The summed E-state index contributed by atoms with van der Waals surface area (Å²) in [6.45, 7) is 5.13. The van der Waals surface area contributed by atoms with E-state index in [0.29, 0.717) is 6.61 Å². The van der Waals surface area contributed by atoms with E-state index in [-0.39, 0.29) is 18.0 Å². The van der Waals surface area contributed by atoms with E-state index >= 15 is 0 Å². The van der Waals surface area contributed by atoms with E-state index in [0.717, 1.165) is 37.3 Å². The first kappa shape index (κ1) is 17.2. The molecule has 5 heteroatoms. The number of hydroxylamine groups is 1. The van der Waals surface area contributed by atoms with Gasteiger partial charge in [0.25, 0.3) is 5.91 Å². The number of hydrogen-bond acceptors (Lipinski definition) is 4. The van der Waals surface area contributed by atoms with Gasteiger partial charge in [0.05, 0.1) is 12.3 Å². The highest BCUT2D eigenvalue weighted by Crippen LogP contribution is 2.42. The maximum Gasteiger partial charge on any atom is 0.272 e. The molecule has 4 rings (SSSR count). The number of carbonyl (C=O) groups is 1. The number of benzene rings is 2. The van der Waals surface area contributed by atoms with Crippen LogP contribution in [0.4, 0.5) is 5.69 Å². The van der Waals surface area contributed by atoms with Gasteiger partial charge in [-0.3, -0.25) is 14.5 Å². The molecule has 0 radical (unpaired) electrons. The van der Waals surface area contributed by atoms with Gasteiger partial charge in [-0.05, 0) is 18.1 Å². The summed E-state index contributed by atoms with van der Waals surface area (Å²) in [5.41, 5.74) is 3.15. The van der Waals surface area contributed by atoms with Crippen molar-refractivity contribution in [3.63, 3.8) is 0 Å². The van der Waals surface area contributed by atoms with Gasteiger partial charge in [0.1, 0.15) is 6.04 Å². The minimum Gasteiger partial charge on any atom is -0.314 e. The van der Waals surface area contributed by atoms with Crippen molar-refractivity contribution in [3.05, 3.63) is 65.7 Å². The van der Waals surface area contributed by atoms with Gasteiger partial charge in [0.2, 0.25) is 0 Å². The number of para-hydroxylation sites is 1. The van der Waals surface area contributed by atoms with Gasteiger partial charge < -0.3 is 5.32 Å². The van der Waals surface area contributed by atoms with Crippen molar-refractivity contribution in [1.29, 1.82) is 0 Å². The summed E-state index contributed by atoms with van der Waals surface area (Å²) >= 11 is 0. The van der Waals surface area contributed by atoms with Crippen LogP contribution in [0, 0.1) is 0 Å². The SMILES string of the molecule is CCCON1C(=O)C(N2CCNCC2c2ccccc2)c2ccccc21. The Hall–Kier alpha value is -2.21. The van der Waals surface area contributed by atoms with E-state index in [4.69, 9.17) is 4.84 Å². The fraction of sp³-hybridized carbons (Fsp3) is 0.381. The second-order valence-electron chi connectivity index (χ2n) is 6.80. The van der Waals surface area contributed by atoms with E-state index in [9.17, 15) is 4.79 Å².